The van der Waals surface area contributed by atoms with E-state index < -0.39 is 0 Å². The average Bonchev–Trinajstić information content (AvgIpc) is 2.32. The van der Waals surface area contributed by atoms with Crippen LogP contribution in [0, 0.1) is 11.8 Å². The van der Waals surface area contributed by atoms with Crippen molar-refractivity contribution in [1.29, 1.82) is 0 Å². The van der Waals surface area contributed by atoms with Crippen LogP contribution in [-0.2, 0) is 4.79 Å². The summed E-state index contributed by atoms with van der Waals surface area (Å²) in [5, 5.41) is 0. The van der Waals surface area contributed by atoms with Gasteiger partial charge in [-0.05, 0) is 51.4 Å². The molecule has 2 aliphatic rings. The molecule has 98 valence electrons. The van der Waals surface area contributed by atoms with E-state index in [2.05, 4.69) is 18.7 Å². The Kier molecular flexibility index (Phi) is 4.08. The van der Waals surface area contributed by atoms with E-state index in [-0.39, 0.29) is 12.0 Å². The molecule has 2 N–H and O–H groups in total. The highest BCUT2D eigenvalue weighted by atomic mass is 16.2. The lowest BCUT2D eigenvalue weighted by atomic mass is 9.78. The molecule has 4 atom stereocenters. The minimum Gasteiger partial charge on any atom is -0.340 e. The standard InChI is InChI=1S/C14H26N2O/c1-10-6-7-12(9-13(10)15)14(17)16-8-4-3-5-11(16)2/h10-13H,3-9,15H2,1-2H3. The van der Waals surface area contributed by atoms with Gasteiger partial charge in [0.05, 0.1) is 0 Å². The second-order valence-electron chi connectivity index (χ2n) is 6.03. The van der Waals surface area contributed by atoms with Gasteiger partial charge in [0.1, 0.15) is 0 Å². The lowest BCUT2D eigenvalue weighted by Gasteiger charge is -2.39. The quantitative estimate of drug-likeness (QED) is 0.761. The van der Waals surface area contributed by atoms with E-state index in [1.807, 2.05) is 0 Å². The number of hydrogen-bond donors (Lipinski definition) is 1. The van der Waals surface area contributed by atoms with E-state index in [0.29, 0.717) is 17.9 Å². The molecule has 2 fully saturated rings. The van der Waals surface area contributed by atoms with Gasteiger partial charge in [-0.15, -0.1) is 0 Å². The van der Waals surface area contributed by atoms with Crippen LogP contribution in [0.1, 0.15) is 52.4 Å². The third-order valence-corrected chi connectivity index (χ3v) is 4.69. The van der Waals surface area contributed by atoms with Crippen LogP contribution in [0.25, 0.3) is 0 Å². The monoisotopic (exact) mass is 238 g/mol. The summed E-state index contributed by atoms with van der Waals surface area (Å²) >= 11 is 0. The Hall–Kier alpha value is -0.570. The normalized spacial score (nSPS) is 39.1. The van der Waals surface area contributed by atoms with Crippen LogP contribution in [0.2, 0.25) is 0 Å². The zero-order chi connectivity index (χ0) is 12.4. The lowest BCUT2D eigenvalue weighted by Crippen LogP contribution is -2.48. The minimum absolute atomic E-state index is 0.196. The van der Waals surface area contributed by atoms with Crippen molar-refractivity contribution in [3.05, 3.63) is 0 Å². The summed E-state index contributed by atoms with van der Waals surface area (Å²) < 4.78 is 0. The Morgan fingerprint density at radius 1 is 1.18 bits per heavy atom. The third kappa shape index (κ3) is 2.82. The fourth-order valence-corrected chi connectivity index (χ4v) is 3.24. The van der Waals surface area contributed by atoms with Gasteiger partial charge < -0.3 is 10.6 Å². The first-order valence-corrected chi connectivity index (χ1v) is 7.15. The van der Waals surface area contributed by atoms with E-state index in [1.165, 1.54) is 19.3 Å². The molecule has 3 heteroatoms. The molecule has 1 heterocycles. The van der Waals surface area contributed by atoms with Crippen LogP contribution < -0.4 is 5.73 Å². The van der Waals surface area contributed by atoms with Gasteiger partial charge in [-0.25, -0.2) is 0 Å². The average molecular weight is 238 g/mol. The Labute approximate surface area is 105 Å². The summed E-state index contributed by atoms with van der Waals surface area (Å²) in [6.07, 6.45) is 6.65. The highest BCUT2D eigenvalue weighted by molar-refractivity contribution is 5.79. The number of piperidine rings is 1. The van der Waals surface area contributed by atoms with E-state index in [9.17, 15) is 4.79 Å². The predicted octanol–water partition coefficient (Wildman–Crippen LogP) is 2.15. The molecule has 0 radical (unpaired) electrons. The Morgan fingerprint density at radius 2 is 1.94 bits per heavy atom. The summed E-state index contributed by atoms with van der Waals surface area (Å²) in [5.41, 5.74) is 6.10. The number of carbonyl (C=O) groups excluding carboxylic acids is 1. The Bertz CT molecular complexity index is 279. The van der Waals surface area contributed by atoms with Gasteiger partial charge in [0, 0.05) is 24.5 Å². The minimum atomic E-state index is 0.196. The summed E-state index contributed by atoms with van der Waals surface area (Å²) in [7, 11) is 0. The molecule has 1 saturated carbocycles. The van der Waals surface area contributed by atoms with Gasteiger partial charge in [-0.2, -0.15) is 0 Å². The molecule has 2 rings (SSSR count). The van der Waals surface area contributed by atoms with Crippen LogP contribution >= 0.6 is 0 Å². The summed E-state index contributed by atoms with van der Waals surface area (Å²) in [6, 6.07) is 0.657. The largest absolute Gasteiger partial charge is 0.340 e. The van der Waals surface area contributed by atoms with Gasteiger partial charge in [0.25, 0.3) is 0 Å². The molecule has 0 spiro atoms. The SMILES string of the molecule is CC1CCC(C(=O)N2CCCCC2C)CC1N. The van der Waals surface area contributed by atoms with Gasteiger partial charge in [0.15, 0.2) is 0 Å². The van der Waals surface area contributed by atoms with Crippen LogP contribution in [0.4, 0.5) is 0 Å². The maximum Gasteiger partial charge on any atom is 0.225 e. The highest BCUT2D eigenvalue weighted by Crippen LogP contribution is 2.30. The second kappa shape index (κ2) is 5.38. The van der Waals surface area contributed by atoms with Crippen molar-refractivity contribution in [2.75, 3.05) is 6.54 Å². The maximum absolute atomic E-state index is 12.5. The molecule has 3 nitrogen and oxygen atoms in total. The van der Waals surface area contributed by atoms with Gasteiger partial charge >= 0.3 is 0 Å². The molecule has 1 saturated heterocycles. The summed E-state index contributed by atoms with van der Waals surface area (Å²) in [5.74, 6) is 1.15. The molecular formula is C14H26N2O. The van der Waals surface area contributed by atoms with Gasteiger partial charge in [0.2, 0.25) is 5.91 Å². The lowest BCUT2D eigenvalue weighted by molar-refractivity contribution is -0.140. The van der Waals surface area contributed by atoms with E-state index >= 15 is 0 Å². The number of likely N-dealkylation sites (tertiary alicyclic amines) is 1. The van der Waals surface area contributed by atoms with Crippen molar-refractivity contribution in [2.45, 2.75) is 64.5 Å². The molecule has 4 unspecified atom stereocenters. The first kappa shape index (κ1) is 12.9. The van der Waals surface area contributed by atoms with Crippen molar-refractivity contribution >= 4 is 5.91 Å². The first-order valence-electron chi connectivity index (χ1n) is 7.15. The molecule has 1 aliphatic heterocycles. The van der Waals surface area contributed by atoms with Crippen LogP contribution in [-0.4, -0.2) is 29.4 Å². The van der Waals surface area contributed by atoms with E-state index in [1.54, 1.807) is 0 Å². The van der Waals surface area contributed by atoms with Gasteiger partial charge in [-0.1, -0.05) is 6.92 Å². The smallest absolute Gasteiger partial charge is 0.225 e. The number of rotatable bonds is 1. The fraction of sp³-hybridized carbons (Fsp3) is 0.929. The molecule has 0 bridgehead atoms. The highest BCUT2D eigenvalue weighted by Gasteiger charge is 2.34. The number of amides is 1. The molecular weight excluding hydrogens is 212 g/mol. The van der Waals surface area contributed by atoms with Crippen LogP contribution in [0.5, 0.6) is 0 Å². The number of hydrogen-bond acceptors (Lipinski definition) is 2. The second-order valence-corrected chi connectivity index (χ2v) is 6.03. The number of nitrogens with two attached hydrogens (primary N) is 1. The van der Waals surface area contributed by atoms with Crippen molar-refractivity contribution in [3.8, 4) is 0 Å². The first-order chi connectivity index (χ1) is 8.09. The summed E-state index contributed by atoms with van der Waals surface area (Å²) in [6.45, 7) is 5.35. The van der Waals surface area contributed by atoms with Crippen LogP contribution in [0.15, 0.2) is 0 Å². The van der Waals surface area contributed by atoms with Crippen molar-refractivity contribution < 1.29 is 4.79 Å². The third-order valence-electron chi connectivity index (χ3n) is 4.69. The number of carbonyl (C=O) groups is 1. The molecule has 0 aromatic carbocycles. The zero-order valence-electron chi connectivity index (χ0n) is 11.2. The van der Waals surface area contributed by atoms with E-state index in [0.717, 1.165) is 25.8 Å². The zero-order valence-corrected chi connectivity index (χ0v) is 11.2. The molecule has 0 aromatic rings. The summed E-state index contributed by atoms with van der Waals surface area (Å²) in [4.78, 5) is 14.6. The Morgan fingerprint density at radius 3 is 2.59 bits per heavy atom. The molecule has 1 amide bonds. The molecule has 0 aromatic heterocycles. The van der Waals surface area contributed by atoms with Gasteiger partial charge in [-0.3, -0.25) is 4.79 Å². The molecule has 17 heavy (non-hydrogen) atoms. The van der Waals surface area contributed by atoms with Crippen LogP contribution in [0.3, 0.4) is 0 Å². The topological polar surface area (TPSA) is 46.3 Å². The van der Waals surface area contributed by atoms with Crippen molar-refractivity contribution in [1.82, 2.24) is 4.90 Å². The molecule has 1 aliphatic carbocycles. The van der Waals surface area contributed by atoms with E-state index in [4.69, 9.17) is 5.73 Å². The number of nitrogens with zero attached hydrogens (tertiary/aromatic N) is 1. The fourth-order valence-electron chi connectivity index (χ4n) is 3.24. The van der Waals surface area contributed by atoms with Crippen molar-refractivity contribution in [2.24, 2.45) is 17.6 Å². The van der Waals surface area contributed by atoms with Crippen molar-refractivity contribution in [3.63, 3.8) is 0 Å². The maximum atomic E-state index is 12.5. The predicted molar refractivity (Wildman–Crippen MR) is 69.5 cm³/mol. The Balaban J connectivity index is 1.95.